The van der Waals surface area contributed by atoms with Gasteiger partial charge in [0.2, 0.25) is 0 Å². The molecule has 138 valence electrons. The Morgan fingerprint density at radius 3 is 2.76 bits per heavy atom. The Morgan fingerprint density at radius 1 is 1.28 bits per heavy atom. The summed E-state index contributed by atoms with van der Waals surface area (Å²) in [5.41, 5.74) is 0.461. The fourth-order valence-corrected chi connectivity index (χ4v) is 4.19. The zero-order valence-electron chi connectivity index (χ0n) is 15.2. The van der Waals surface area contributed by atoms with Crippen molar-refractivity contribution in [2.45, 2.75) is 43.9 Å². The highest BCUT2D eigenvalue weighted by molar-refractivity contribution is 5.94. The van der Waals surface area contributed by atoms with Gasteiger partial charge in [-0.25, -0.2) is 4.39 Å². The summed E-state index contributed by atoms with van der Waals surface area (Å²) in [6, 6.07) is 4.85. The number of hydrogen-bond donors (Lipinski definition) is 0. The fourth-order valence-electron chi connectivity index (χ4n) is 4.19. The van der Waals surface area contributed by atoms with Gasteiger partial charge in [0.05, 0.1) is 13.2 Å². The molecular weight excluding hydrogens is 323 g/mol. The van der Waals surface area contributed by atoms with Gasteiger partial charge in [-0.2, -0.15) is 0 Å². The molecule has 1 aromatic rings. The second-order valence-electron chi connectivity index (χ2n) is 6.97. The Hall–Kier alpha value is -1.66. The van der Waals surface area contributed by atoms with E-state index in [0.717, 1.165) is 38.8 Å². The van der Waals surface area contributed by atoms with E-state index in [9.17, 15) is 9.18 Å². The number of rotatable bonds is 5. The van der Waals surface area contributed by atoms with Crippen LogP contribution in [0, 0.1) is 5.82 Å². The van der Waals surface area contributed by atoms with E-state index in [2.05, 4.69) is 4.90 Å². The number of ether oxygens (including phenoxy) is 2. The lowest BCUT2D eigenvalue weighted by Gasteiger charge is -2.35. The third kappa shape index (κ3) is 3.65. The number of nitrogens with zero attached hydrogens (tertiary/aromatic N) is 2. The lowest BCUT2D eigenvalue weighted by molar-refractivity contribution is 0.0605. The van der Waals surface area contributed by atoms with Crippen LogP contribution in [0.1, 0.15) is 36.0 Å². The average molecular weight is 350 g/mol. The van der Waals surface area contributed by atoms with Gasteiger partial charge in [-0.1, -0.05) is 0 Å². The maximum atomic E-state index is 13.6. The van der Waals surface area contributed by atoms with Crippen LogP contribution in [-0.2, 0) is 4.74 Å². The number of likely N-dealkylation sites (tertiary alicyclic amines) is 1. The number of hydrogen-bond acceptors (Lipinski definition) is 4. The van der Waals surface area contributed by atoms with Crippen molar-refractivity contribution in [3.63, 3.8) is 0 Å². The second-order valence-corrected chi connectivity index (χ2v) is 6.97. The first-order valence-corrected chi connectivity index (χ1v) is 8.92. The summed E-state index contributed by atoms with van der Waals surface area (Å²) in [4.78, 5) is 17.2. The number of benzene rings is 1. The van der Waals surface area contributed by atoms with Crippen LogP contribution in [0.4, 0.5) is 4.39 Å². The minimum absolute atomic E-state index is 0.0855. The second kappa shape index (κ2) is 7.70. The third-order valence-electron chi connectivity index (χ3n) is 5.64. The zero-order chi connectivity index (χ0) is 18.0. The Labute approximate surface area is 148 Å². The molecule has 0 aromatic heterocycles. The van der Waals surface area contributed by atoms with Gasteiger partial charge in [0, 0.05) is 44.9 Å². The molecule has 0 N–H and O–H groups in total. The maximum absolute atomic E-state index is 13.6. The van der Waals surface area contributed by atoms with Crippen LogP contribution in [0.25, 0.3) is 0 Å². The van der Waals surface area contributed by atoms with E-state index in [0.29, 0.717) is 17.7 Å². The topological polar surface area (TPSA) is 42.0 Å². The first kappa shape index (κ1) is 18.1. The summed E-state index contributed by atoms with van der Waals surface area (Å²) in [7, 11) is 5.02. The van der Waals surface area contributed by atoms with Crippen LogP contribution in [0.3, 0.4) is 0 Å². The van der Waals surface area contributed by atoms with Crippen LogP contribution in [0.15, 0.2) is 18.2 Å². The number of carbonyl (C=O) groups excluding carboxylic acids is 1. The van der Waals surface area contributed by atoms with Gasteiger partial charge in [-0.15, -0.1) is 0 Å². The van der Waals surface area contributed by atoms with E-state index < -0.39 is 5.82 Å². The van der Waals surface area contributed by atoms with Crippen molar-refractivity contribution in [3.05, 3.63) is 29.6 Å². The largest absolute Gasteiger partial charge is 0.494 e. The Morgan fingerprint density at radius 2 is 2.08 bits per heavy atom. The Bertz CT molecular complexity index is 625. The molecule has 2 aliphatic rings. The molecule has 2 fully saturated rings. The molecule has 1 aromatic carbocycles. The van der Waals surface area contributed by atoms with Crippen molar-refractivity contribution in [1.29, 1.82) is 0 Å². The van der Waals surface area contributed by atoms with Gasteiger partial charge in [0.15, 0.2) is 11.6 Å². The van der Waals surface area contributed by atoms with Gasteiger partial charge in [-0.3, -0.25) is 9.69 Å². The summed E-state index contributed by atoms with van der Waals surface area (Å²) in [5, 5.41) is 0. The number of methoxy groups -OCH3 is 2. The number of carbonyl (C=O) groups is 1. The molecule has 6 heteroatoms. The third-order valence-corrected chi connectivity index (χ3v) is 5.64. The van der Waals surface area contributed by atoms with Crippen molar-refractivity contribution in [3.8, 4) is 5.75 Å². The first-order valence-electron chi connectivity index (χ1n) is 8.92. The smallest absolute Gasteiger partial charge is 0.254 e. The van der Waals surface area contributed by atoms with E-state index in [1.54, 1.807) is 7.11 Å². The van der Waals surface area contributed by atoms with Crippen LogP contribution in [-0.4, -0.2) is 68.3 Å². The molecule has 3 atom stereocenters. The van der Waals surface area contributed by atoms with E-state index in [-0.39, 0.29) is 17.7 Å². The maximum Gasteiger partial charge on any atom is 0.254 e. The summed E-state index contributed by atoms with van der Waals surface area (Å²) in [5.74, 6) is -0.439. The van der Waals surface area contributed by atoms with E-state index in [1.807, 2.05) is 11.9 Å². The highest BCUT2D eigenvalue weighted by Crippen LogP contribution is 2.31. The molecule has 0 radical (unpaired) electrons. The van der Waals surface area contributed by atoms with Crippen molar-refractivity contribution < 1.29 is 18.7 Å². The summed E-state index contributed by atoms with van der Waals surface area (Å²) < 4.78 is 24.1. The molecule has 1 amide bonds. The fraction of sp³-hybridized carbons (Fsp3) is 0.632. The van der Waals surface area contributed by atoms with E-state index >= 15 is 0 Å². The zero-order valence-corrected chi connectivity index (χ0v) is 15.2. The minimum atomic E-state index is -0.455. The van der Waals surface area contributed by atoms with Gasteiger partial charge < -0.3 is 14.4 Å². The predicted molar refractivity (Wildman–Crippen MR) is 93.5 cm³/mol. The Kier molecular flexibility index (Phi) is 5.59. The van der Waals surface area contributed by atoms with Crippen LogP contribution in [0.2, 0.25) is 0 Å². The van der Waals surface area contributed by atoms with Crippen molar-refractivity contribution >= 4 is 5.91 Å². The lowest BCUT2D eigenvalue weighted by atomic mass is 10.1. The normalized spacial score (nSPS) is 26.8. The molecule has 1 aliphatic carbocycles. The van der Waals surface area contributed by atoms with Crippen molar-refractivity contribution in [2.75, 3.05) is 34.4 Å². The SMILES string of the molecule is COc1cc(C(=O)N(C)[C@@H]2CCC[C@@H]2N2CCC(OC)C2)ccc1F. The molecule has 25 heavy (non-hydrogen) atoms. The van der Waals surface area contributed by atoms with E-state index in [1.165, 1.54) is 25.3 Å². The standard InChI is InChI=1S/C19H27FN2O3/c1-21(19(23)13-7-8-15(20)18(11-13)25-3)16-5-4-6-17(16)22-10-9-14(12-22)24-2/h7-8,11,14,16-17H,4-6,9-10,12H2,1-3H3/t14?,16-,17+/m1/s1. The van der Waals surface area contributed by atoms with Gasteiger partial charge >= 0.3 is 0 Å². The van der Waals surface area contributed by atoms with Gasteiger partial charge in [-0.05, 0) is 43.9 Å². The first-order chi connectivity index (χ1) is 12.0. The van der Waals surface area contributed by atoms with Crippen molar-refractivity contribution in [1.82, 2.24) is 9.80 Å². The molecule has 3 rings (SSSR count). The number of amides is 1. The summed E-state index contributed by atoms with van der Waals surface area (Å²) in [6.45, 7) is 1.95. The predicted octanol–water partition coefficient (Wildman–Crippen LogP) is 2.55. The number of likely N-dealkylation sites (N-methyl/N-ethyl adjacent to an activating group) is 1. The van der Waals surface area contributed by atoms with Crippen molar-refractivity contribution in [2.24, 2.45) is 0 Å². The molecule has 1 aliphatic heterocycles. The van der Waals surface area contributed by atoms with E-state index in [4.69, 9.17) is 9.47 Å². The molecule has 1 saturated carbocycles. The molecule has 0 spiro atoms. The monoisotopic (exact) mass is 350 g/mol. The summed E-state index contributed by atoms with van der Waals surface area (Å²) >= 11 is 0. The number of halogens is 1. The molecule has 5 nitrogen and oxygen atoms in total. The molecule has 1 unspecified atom stereocenters. The highest BCUT2D eigenvalue weighted by Gasteiger charge is 2.39. The lowest BCUT2D eigenvalue weighted by Crippen LogP contribution is -2.49. The van der Waals surface area contributed by atoms with Crippen LogP contribution in [0.5, 0.6) is 5.75 Å². The van der Waals surface area contributed by atoms with Crippen LogP contribution >= 0.6 is 0 Å². The molecule has 1 heterocycles. The minimum Gasteiger partial charge on any atom is -0.494 e. The average Bonchev–Trinajstić information content (AvgIpc) is 3.29. The highest BCUT2D eigenvalue weighted by atomic mass is 19.1. The molecule has 0 bridgehead atoms. The quantitative estimate of drug-likeness (QED) is 0.818. The van der Waals surface area contributed by atoms with Gasteiger partial charge in [0.25, 0.3) is 5.91 Å². The summed E-state index contributed by atoms with van der Waals surface area (Å²) in [6.07, 6.45) is 4.56. The molecule has 1 saturated heterocycles. The van der Waals surface area contributed by atoms with Gasteiger partial charge in [0.1, 0.15) is 0 Å². The molecular formula is C19H27FN2O3. The van der Waals surface area contributed by atoms with Crippen LogP contribution < -0.4 is 4.74 Å². The Balaban J connectivity index is 1.72.